The molecule has 0 aliphatic heterocycles. The van der Waals surface area contributed by atoms with Gasteiger partial charge in [0.15, 0.2) is 0 Å². The van der Waals surface area contributed by atoms with Crippen LogP contribution in [0.25, 0.3) is 10.6 Å². The van der Waals surface area contributed by atoms with E-state index < -0.39 is 0 Å². The summed E-state index contributed by atoms with van der Waals surface area (Å²) in [7, 11) is 0. The van der Waals surface area contributed by atoms with E-state index in [-0.39, 0.29) is 0 Å². The Labute approximate surface area is 85.0 Å². The molecule has 0 fully saturated rings. The molecule has 1 aromatic carbocycles. The number of nitrogens with two attached hydrogens (primary N) is 1. The molecule has 0 radical (unpaired) electrons. The molecule has 1 aromatic heterocycles. The largest absolute Gasteiger partial charge is 0.398 e. The van der Waals surface area contributed by atoms with E-state index in [9.17, 15) is 0 Å². The highest BCUT2D eigenvalue weighted by Gasteiger charge is 2.05. The summed E-state index contributed by atoms with van der Waals surface area (Å²) in [6, 6.07) is 7.62. The summed E-state index contributed by atoms with van der Waals surface area (Å²) in [4.78, 5) is 4.15. The summed E-state index contributed by atoms with van der Waals surface area (Å²) in [5.41, 5.74) is 7.46. The molecule has 0 amide bonds. The van der Waals surface area contributed by atoms with Crippen molar-refractivity contribution in [3.63, 3.8) is 0 Å². The van der Waals surface area contributed by atoms with Crippen molar-refractivity contribution in [2.75, 3.05) is 5.73 Å². The van der Waals surface area contributed by atoms with Crippen LogP contribution in [0.2, 0.25) is 4.34 Å². The normalized spacial score (nSPS) is 10.2. The van der Waals surface area contributed by atoms with E-state index in [4.69, 9.17) is 17.3 Å². The highest BCUT2D eigenvalue weighted by Crippen LogP contribution is 2.31. The molecule has 0 saturated heterocycles. The lowest BCUT2D eigenvalue weighted by Gasteiger charge is -1.99. The van der Waals surface area contributed by atoms with E-state index in [0.717, 1.165) is 16.3 Å². The Morgan fingerprint density at radius 1 is 1.31 bits per heavy atom. The molecule has 0 spiro atoms. The number of nitrogens with zero attached hydrogens (tertiary/aromatic N) is 1. The van der Waals surface area contributed by atoms with Gasteiger partial charge in [-0.3, -0.25) is 0 Å². The molecule has 13 heavy (non-hydrogen) atoms. The zero-order valence-corrected chi connectivity index (χ0v) is 8.27. The van der Waals surface area contributed by atoms with E-state index in [2.05, 4.69) is 4.98 Å². The number of anilines is 1. The third-order valence-corrected chi connectivity index (χ3v) is 2.82. The van der Waals surface area contributed by atoms with Crippen LogP contribution < -0.4 is 5.73 Å². The van der Waals surface area contributed by atoms with E-state index in [1.165, 1.54) is 11.3 Å². The van der Waals surface area contributed by atoms with Gasteiger partial charge in [0.2, 0.25) is 0 Å². The zero-order chi connectivity index (χ0) is 9.26. The van der Waals surface area contributed by atoms with Crippen LogP contribution in [0.15, 0.2) is 30.5 Å². The average Bonchev–Trinajstić information content (AvgIpc) is 2.53. The molecule has 0 atom stereocenters. The fourth-order valence-electron chi connectivity index (χ4n) is 1.07. The van der Waals surface area contributed by atoms with Crippen LogP contribution in [0, 0.1) is 0 Å². The fraction of sp³-hybridized carbons (Fsp3) is 0. The Morgan fingerprint density at radius 2 is 2.08 bits per heavy atom. The molecule has 66 valence electrons. The van der Waals surface area contributed by atoms with Crippen molar-refractivity contribution >= 4 is 28.6 Å². The van der Waals surface area contributed by atoms with Gasteiger partial charge in [0, 0.05) is 11.3 Å². The summed E-state index contributed by atoms with van der Waals surface area (Å²) in [6.45, 7) is 0. The Balaban J connectivity index is 2.52. The van der Waals surface area contributed by atoms with Crippen LogP contribution in [0.1, 0.15) is 0 Å². The van der Waals surface area contributed by atoms with Crippen LogP contribution in [0.3, 0.4) is 0 Å². The van der Waals surface area contributed by atoms with Gasteiger partial charge in [-0.15, -0.1) is 11.3 Å². The number of rotatable bonds is 1. The monoisotopic (exact) mass is 210 g/mol. The molecule has 2 aromatic rings. The standard InChI is InChI=1S/C9H7ClN2S/c10-8-5-12-9(13-8)6-3-1-2-4-7(6)11/h1-5H,11H2. The summed E-state index contributed by atoms with van der Waals surface area (Å²) in [5.74, 6) is 0. The quantitative estimate of drug-likeness (QED) is 0.735. The second kappa shape index (κ2) is 3.36. The van der Waals surface area contributed by atoms with Gasteiger partial charge in [-0.1, -0.05) is 23.7 Å². The molecule has 0 aliphatic carbocycles. The number of halogens is 1. The molecule has 0 saturated carbocycles. The highest BCUT2D eigenvalue weighted by molar-refractivity contribution is 7.18. The molecule has 4 heteroatoms. The molecule has 2 rings (SSSR count). The Morgan fingerprint density at radius 3 is 2.69 bits per heavy atom. The van der Waals surface area contributed by atoms with Crippen molar-refractivity contribution in [2.45, 2.75) is 0 Å². The van der Waals surface area contributed by atoms with Crippen LogP contribution in [-0.4, -0.2) is 4.98 Å². The first-order valence-corrected chi connectivity index (χ1v) is 4.93. The molecule has 0 unspecified atom stereocenters. The van der Waals surface area contributed by atoms with Crippen LogP contribution in [0.4, 0.5) is 5.69 Å². The number of nitrogen functional groups attached to an aromatic ring is 1. The SMILES string of the molecule is Nc1ccccc1-c1ncc(Cl)s1. The van der Waals surface area contributed by atoms with E-state index in [0.29, 0.717) is 4.34 Å². The zero-order valence-electron chi connectivity index (χ0n) is 6.70. The number of benzene rings is 1. The first-order chi connectivity index (χ1) is 6.27. The van der Waals surface area contributed by atoms with Gasteiger partial charge in [0.1, 0.15) is 9.34 Å². The van der Waals surface area contributed by atoms with Crippen LogP contribution in [0.5, 0.6) is 0 Å². The van der Waals surface area contributed by atoms with Gasteiger partial charge in [-0.2, -0.15) is 0 Å². The molecule has 0 bridgehead atoms. The summed E-state index contributed by atoms with van der Waals surface area (Å²) < 4.78 is 0.679. The van der Waals surface area contributed by atoms with E-state index in [1.807, 2.05) is 24.3 Å². The smallest absolute Gasteiger partial charge is 0.126 e. The lowest BCUT2D eigenvalue weighted by atomic mass is 10.2. The van der Waals surface area contributed by atoms with Crippen molar-refractivity contribution in [3.05, 3.63) is 34.8 Å². The van der Waals surface area contributed by atoms with Crippen LogP contribution >= 0.6 is 22.9 Å². The Bertz CT molecular complexity index is 425. The number of thiazole rings is 1. The minimum Gasteiger partial charge on any atom is -0.398 e. The lowest BCUT2D eigenvalue weighted by Crippen LogP contribution is -1.87. The van der Waals surface area contributed by atoms with Crippen molar-refractivity contribution in [1.29, 1.82) is 0 Å². The topological polar surface area (TPSA) is 38.9 Å². The van der Waals surface area contributed by atoms with Crippen molar-refractivity contribution in [3.8, 4) is 10.6 Å². The minimum absolute atomic E-state index is 0.679. The first kappa shape index (κ1) is 8.53. The molecular weight excluding hydrogens is 204 g/mol. The Kier molecular flexibility index (Phi) is 2.20. The van der Waals surface area contributed by atoms with E-state index in [1.54, 1.807) is 6.20 Å². The first-order valence-electron chi connectivity index (χ1n) is 3.73. The second-order valence-electron chi connectivity index (χ2n) is 2.56. The van der Waals surface area contributed by atoms with E-state index >= 15 is 0 Å². The van der Waals surface area contributed by atoms with Gasteiger partial charge in [-0.25, -0.2) is 4.98 Å². The third kappa shape index (κ3) is 1.66. The summed E-state index contributed by atoms with van der Waals surface area (Å²) >= 11 is 7.21. The molecular formula is C9H7ClN2S. The predicted octanol–water partition coefficient (Wildman–Crippen LogP) is 3.05. The maximum Gasteiger partial charge on any atom is 0.126 e. The summed E-state index contributed by atoms with van der Waals surface area (Å²) in [6.07, 6.45) is 1.63. The van der Waals surface area contributed by atoms with Crippen molar-refractivity contribution < 1.29 is 0 Å². The average molecular weight is 211 g/mol. The molecule has 1 heterocycles. The van der Waals surface area contributed by atoms with Gasteiger partial charge in [0.25, 0.3) is 0 Å². The van der Waals surface area contributed by atoms with Crippen molar-refractivity contribution in [2.24, 2.45) is 0 Å². The van der Waals surface area contributed by atoms with Crippen LogP contribution in [-0.2, 0) is 0 Å². The van der Waals surface area contributed by atoms with Gasteiger partial charge >= 0.3 is 0 Å². The van der Waals surface area contributed by atoms with Gasteiger partial charge < -0.3 is 5.73 Å². The number of hydrogen-bond acceptors (Lipinski definition) is 3. The fourth-order valence-corrected chi connectivity index (χ4v) is 2.03. The maximum atomic E-state index is 5.79. The Hall–Kier alpha value is -1.06. The lowest BCUT2D eigenvalue weighted by molar-refractivity contribution is 1.41. The maximum absolute atomic E-state index is 5.79. The number of hydrogen-bond donors (Lipinski definition) is 1. The second-order valence-corrected chi connectivity index (χ2v) is 4.22. The van der Waals surface area contributed by atoms with Crippen molar-refractivity contribution in [1.82, 2.24) is 4.98 Å². The number of para-hydroxylation sites is 1. The molecule has 2 nitrogen and oxygen atoms in total. The minimum atomic E-state index is 0.679. The molecule has 0 aliphatic rings. The highest BCUT2D eigenvalue weighted by atomic mass is 35.5. The number of aromatic nitrogens is 1. The van der Waals surface area contributed by atoms with Gasteiger partial charge in [0.05, 0.1) is 6.20 Å². The third-order valence-electron chi connectivity index (χ3n) is 1.67. The van der Waals surface area contributed by atoms with Gasteiger partial charge in [-0.05, 0) is 12.1 Å². The molecule has 2 N–H and O–H groups in total. The summed E-state index contributed by atoms with van der Waals surface area (Å²) in [5, 5.41) is 0.864. The predicted molar refractivity (Wildman–Crippen MR) is 57.0 cm³/mol.